The molecule has 0 saturated carbocycles. The van der Waals surface area contributed by atoms with E-state index < -0.39 is 0 Å². The molecule has 1 aliphatic heterocycles. The van der Waals surface area contributed by atoms with Crippen LogP contribution in [0.1, 0.15) is 17.9 Å². The fourth-order valence-electron chi connectivity index (χ4n) is 1.80. The molecule has 0 aromatic heterocycles. The minimum atomic E-state index is 0.260. The predicted molar refractivity (Wildman–Crippen MR) is 52.6 cm³/mol. The average Bonchev–Trinajstić information content (AvgIpc) is 2.20. The fourth-order valence-corrected chi connectivity index (χ4v) is 1.80. The second kappa shape index (κ2) is 3.90. The van der Waals surface area contributed by atoms with Crippen LogP contribution < -0.4 is 5.73 Å². The number of benzene rings is 1. The SMILES string of the molecule is NC1CCOCC1c1ccccc1. The van der Waals surface area contributed by atoms with Crippen molar-refractivity contribution in [3.05, 3.63) is 35.9 Å². The Balaban J connectivity index is 2.15. The smallest absolute Gasteiger partial charge is 0.0549 e. The summed E-state index contributed by atoms with van der Waals surface area (Å²) in [5.41, 5.74) is 7.33. The third-order valence-corrected chi connectivity index (χ3v) is 2.64. The fraction of sp³-hybridized carbons (Fsp3) is 0.455. The van der Waals surface area contributed by atoms with E-state index in [1.54, 1.807) is 0 Å². The Kier molecular flexibility index (Phi) is 2.62. The lowest BCUT2D eigenvalue weighted by molar-refractivity contribution is 0.0691. The van der Waals surface area contributed by atoms with Crippen molar-refractivity contribution in [1.29, 1.82) is 0 Å². The first-order valence-electron chi connectivity index (χ1n) is 4.76. The molecule has 13 heavy (non-hydrogen) atoms. The summed E-state index contributed by atoms with van der Waals surface area (Å²) in [5, 5.41) is 0. The summed E-state index contributed by atoms with van der Waals surface area (Å²) in [6.07, 6.45) is 0.972. The normalized spacial score (nSPS) is 28.7. The van der Waals surface area contributed by atoms with E-state index in [0.29, 0.717) is 5.92 Å². The van der Waals surface area contributed by atoms with Crippen molar-refractivity contribution in [3.8, 4) is 0 Å². The van der Waals surface area contributed by atoms with E-state index in [1.165, 1.54) is 5.56 Å². The van der Waals surface area contributed by atoms with E-state index in [2.05, 4.69) is 24.3 Å². The second-order valence-electron chi connectivity index (χ2n) is 3.54. The maximum atomic E-state index is 6.03. The molecule has 2 unspecified atom stereocenters. The zero-order valence-corrected chi connectivity index (χ0v) is 7.65. The second-order valence-corrected chi connectivity index (χ2v) is 3.54. The van der Waals surface area contributed by atoms with Crippen LogP contribution in [-0.4, -0.2) is 19.3 Å². The molecule has 0 spiro atoms. The molecule has 1 saturated heterocycles. The third kappa shape index (κ3) is 1.90. The molecule has 2 atom stereocenters. The lowest BCUT2D eigenvalue weighted by Crippen LogP contribution is -2.36. The van der Waals surface area contributed by atoms with E-state index >= 15 is 0 Å². The van der Waals surface area contributed by atoms with Gasteiger partial charge in [-0.2, -0.15) is 0 Å². The Labute approximate surface area is 78.7 Å². The van der Waals surface area contributed by atoms with Crippen LogP contribution in [0.2, 0.25) is 0 Å². The summed E-state index contributed by atoms with van der Waals surface area (Å²) < 4.78 is 5.43. The highest BCUT2D eigenvalue weighted by Crippen LogP contribution is 2.23. The van der Waals surface area contributed by atoms with Gasteiger partial charge in [0.15, 0.2) is 0 Å². The molecule has 70 valence electrons. The van der Waals surface area contributed by atoms with E-state index in [4.69, 9.17) is 10.5 Å². The van der Waals surface area contributed by atoms with Crippen molar-refractivity contribution in [3.63, 3.8) is 0 Å². The summed E-state index contributed by atoms with van der Waals surface area (Å²) >= 11 is 0. The van der Waals surface area contributed by atoms with Crippen molar-refractivity contribution >= 4 is 0 Å². The Morgan fingerprint density at radius 1 is 1.23 bits per heavy atom. The Hall–Kier alpha value is -0.860. The molecule has 1 heterocycles. The molecule has 0 radical (unpaired) electrons. The number of ether oxygens (including phenoxy) is 1. The predicted octanol–water partition coefficient (Wildman–Crippen LogP) is 1.52. The molecule has 2 N–H and O–H groups in total. The van der Waals surface area contributed by atoms with Crippen molar-refractivity contribution < 1.29 is 4.74 Å². The summed E-state index contributed by atoms with van der Waals surface area (Å²) in [7, 11) is 0. The van der Waals surface area contributed by atoms with Gasteiger partial charge in [0.1, 0.15) is 0 Å². The lowest BCUT2D eigenvalue weighted by Gasteiger charge is -2.28. The number of rotatable bonds is 1. The van der Waals surface area contributed by atoms with Crippen LogP contribution in [0.25, 0.3) is 0 Å². The van der Waals surface area contributed by atoms with E-state index in [1.807, 2.05) is 6.07 Å². The first kappa shape index (κ1) is 8.73. The highest BCUT2D eigenvalue weighted by Gasteiger charge is 2.23. The van der Waals surface area contributed by atoms with Crippen LogP contribution in [0.3, 0.4) is 0 Å². The van der Waals surface area contributed by atoms with Crippen molar-refractivity contribution in [2.24, 2.45) is 5.73 Å². The largest absolute Gasteiger partial charge is 0.381 e. The maximum Gasteiger partial charge on any atom is 0.0549 e. The maximum absolute atomic E-state index is 6.03. The average molecular weight is 177 g/mol. The topological polar surface area (TPSA) is 35.2 Å². The van der Waals surface area contributed by atoms with Crippen molar-refractivity contribution in [1.82, 2.24) is 0 Å². The minimum absolute atomic E-state index is 0.260. The van der Waals surface area contributed by atoms with Crippen molar-refractivity contribution in [2.75, 3.05) is 13.2 Å². The quantitative estimate of drug-likeness (QED) is 0.705. The molecule has 2 heteroatoms. The molecular formula is C11H15NO. The first-order valence-corrected chi connectivity index (χ1v) is 4.76. The summed E-state index contributed by atoms with van der Waals surface area (Å²) in [5.74, 6) is 0.384. The molecule has 0 aliphatic carbocycles. The molecule has 1 aromatic carbocycles. The van der Waals surface area contributed by atoms with Gasteiger partial charge in [0.05, 0.1) is 6.61 Å². The highest BCUT2D eigenvalue weighted by atomic mass is 16.5. The van der Waals surface area contributed by atoms with Crippen LogP contribution >= 0.6 is 0 Å². The summed E-state index contributed by atoms with van der Waals surface area (Å²) in [6, 6.07) is 10.6. The van der Waals surface area contributed by atoms with Gasteiger partial charge in [-0.25, -0.2) is 0 Å². The van der Waals surface area contributed by atoms with Crippen LogP contribution in [-0.2, 0) is 4.74 Å². The molecule has 1 fully saturated rings. The van der Waals surface area contributed by atoms with Crippen molar-refractivity contribution in [2.45, 2.75) is 18.4 Å². The Morgan fingerprint density at radius 2 is 2.00 bits per heavy atom. The van der Waals surface area contributed by atoms with Gasteiger partial charge >= 0.3 is 0 Å². The van der Waals surface area contributed by atoms with Gasteiger partial charge in [-0.05, 0) is 12.0 Å². The monoisotopic (exact) mass is 177 g/mol. The Bertz CT molecular complexity index is 260. The molecule has 1 aromatic rings. The highest BCUT2D eigenvalue weighted by molar-refractivity contribution is 5.21. The molecular weight excluding hydrogens is 162 g/mol. The number of hydrogen-bond donors (Lipinski definition) is 1. The molecule has 2 nitrogen and oxygen atoms in total. The standard InChI is InChI=1S/C11H15NO/c12-11-6-7-13-8-10(11)9-4-2-1-3-5-9/h1-5,10-11H,6-8,12H2. The molecule has 0 bridgehead atoms. The van der Waals surface area contributed by atoms with Gasteiger partial charge in [-0.15, -0.1) is 0 Å². The number of hydrogen-bond acceptors (Lipinski definition) is 2. The molecule has 1 aliphatic rings. The third-order valence-electron chi connectivity index (χ3n) is 2.64. The van der Waals surface area contributed by atoms with E-state index in [0.717, 1.165) is 19.6 Å². The number of nitrogens with two attached hydrogens (primary N) is 1. The van der Waals surface area contributed by atoms with Crippen LogP contribution in [0.5, 0.6) is 0 Å². The van der Waals surface area contributed by atoms with Gasteiger partial charge in [0, 0.05) is 18.6 Å². The van der Waals surface area contributed by atoms with Gasteiger partial charge < -0.3 is 10.5 Å². The Morgan fingerprint density at radius 3 is 2.69 bits per heavy atom. The van der Waals surface area contributed by atoms with E-state index in [-0.39, 0.29) is 6.04 Å². The minimum Gasteiger partial charge on any atom is -0.381 e. The van der Waals surface area contributed by atoms with Gasteiger partial charge in [-0.1, -0.05) is 30.3 Å². The molecule has 0 amide bonds. The van der Waals surface area contributed by atoms with Crippen LogP contribution in [0, 0.1) is 0 Å². The zero-order valence-electron chi connectivity index (χ0n) is 7.65. The summed E-state index contributed by atoms with van der Waals surface area (Å²) in [6.45, 7) is 1.58. The van der Waals surface area contributed by atoms with Gasteiger partial charge in [-0.3, -0.25) is 0 Å². The van der Waals surface area contributed by atoms with Gasteiger partial charge in [0.2, 0.25) is 0 Å². The van der Waals surface area contributed by atoms with Gasteiger partial charge in [0.25, 0.3) is 0 Å². The summed E-state index contributed by atoms with van der Waals surface area (Å²) in [4.78, 5) is 0. The molecule has 2 rings (SSSR count). The van der Waals surface area contributed by atoms with Crippen LogP contribution in [0.15, 0.2) is 30.3 Å². The van der Waals surface area contributed by atoms with Crippen LogP contribution in [0.4, 0.5) is 0 Å². The lowest BCUT2D eigenvalue weighted by atomic mass is 9.89. The zero-order chi connectivity index (χ0) is 9.10. The van der Waals surface area contributed by atoms with E-state index in [9.17, 15) is 0 Å². The first-order chi connectivity index (χ1) is 6.38.